The summed E-state index contributed by atoms with van der Waals surface area (Å²) in [6.45, 7) is 0. The van der Waals surface area contributed by atoms with E-state index in [0.29, 0.717) is 17.5 Å². The summed E-state index contributed by atoms with van der Waals surface area (Å²) in [6.07, 6.45) is 0. The maximum atomic E-state index is 6.12. The minimum atomic E-state index is 0.613. The van der Waals surface area contributed by atoms with E-state index in [9.17, 15) is 0 Å². The number of furan rings is 1. The predicted molar refractivity (Wildman–Crippen MR) is 195 cm³/mol. The number of hydrogen-bond donors (Lipinski definition) is 0. The molecule has 0 unspecified atom stereocenters. The highest BCUT2D eigenvalue weighted by atomic mass is 16.3. The van der Waals surface area contributed by atoms with Crippen molar-refractivity contribution in [2.75, 3.05) is 0 Å². The third-order valence-electron chi connectivity index (χ3n) is 9.27. The van der Waals surface area contributed by atoms with E-state index < -0.39 is 0 Å². The number of hydrogen-bond acceptors (Lipinski definition) is 4. The van der Waals surface area contributed by atoms with E-state index in [2.05, 4.69) is 102 Å². The summed E-state index contributed by atoms with van der Waals surface area (Å²) >= 11 is 0. The highest BCUT2D eigenvalue weighted by Crippen LogP contribution is 2.38. The quantitative estimate of drug-likeness (QED) is 0.198. The fourth-order valence-corrected chi connectivity index (χ4v) is 7.06. The average Bonchev–Trinajstić information content (AvgIpc) is 3.70. The van der Waals surface area contributed by atoms with Gasteiger partial charge in [0.05, 0.1) is 16.7 Å². The van der Waals surface area contributed by atoms with Gasteiger partial charge >= 0.3 is 0 Å². The molecule has 0 aliphatic heterocycles. The second kappa shape index (κ2) is 10.5. The molecule has 0 N–H and O–H groups in total. The predicted octanol–water partition coefficient (Wildman–Crippen LogP) is 11.0. The summed E-state index contributed by atoms with van der Waals surface area (Å²) in [5.74, 6) is 1.87. The van der Waals surface area contributed by atoms with Gasteiger partial charge in [-0.15, -0.1) is 0 Å². The topological polar surface area (TPSA) is 56.7 Å². The molecule has 7 aromatic carbocycles. The lowest BCUT2D eigenvalue weighted by atomic mass is 10.0. The molecule has 10 aromatic rings. The second-order valence-corrected chi connectivity index (χ2v) is 12.0. The van der Waals surface area contributed by atoms with Gasteiger partial charge in [-0.2, -0.15) is 0 Å². The highest BCUT2D eigenvalue weighted by molar-refractivity contribution is 6.11. The third-order valence-corrected chi connectivity index (χ3v) is 9.27. The van der Waals surface area contributed by atoms with E-state index in [-0.39, 0.29) is 0 Å². The van der Waals surface area contributed by atoms with Gasteiger partial charge in [0.2, 0.25) is 0 Å². The van der Waals surface area contributed by atoms with Crippen LogP contribution >= 0.6 is 0 Å². The monoisotopic (exact) mass is 614 g/mol. The second-order valence-electron chi connectivity index (χ2n) is 12.0. The van der Waals surface area contributed by atoms with Crippen LogP contribution in [0.5, 0.6) is 0 Å². The molecule has 3 heterocycles. The first-order valence-electron chi connectivity index (χ1n) is 16.0. The number of nitrogens with zero attached hydrogens (tertiary/aromatic N) is 4. The fourth-order valence-electron chi connectivity index (χ4n) is 7.06. The Balaban J connectivity index is 1.21. The zero-order valence-corrected chi connectivity index (χ0v) is 25.7. The SMILES string of the molecule is c1ccc(-c2nc(-c3ccc4oc5ccccc5c4c3)nc(-c3ccc(-n4c5ccccc5c5ccccc54)c4ccccc34)n2)cc1. The molecule has 5 heteroatoms. The smallest absolute Gasteiger partial charge is 0.164 e. The number of fused-ring (bicyclic) bond motifs is 7. The Morgan fingerprint density at radius 3 is 1.69 bits per heavy atom. The van der Waals surface area contributed by atoms with Crippen LogP contribution in [0.15, 0.2) is 162 Å². The van der Waals surface area contributed by atoms with Crippen LogP contribution in [0, 0.1) is 0 Å². The number of rotatable bonds is 4. The molecule has 3 aromatic heterocycles. The molecule has 0 aliphatic rings. The Morgan fingerprint density at radius 1 is 0.375 bits per heavy atom. The normalized spacial score (nSPS) is 11.8. The first-order valence-corrected chi connectivity index (χ1v) is 16.0. The largest absolute Gasteiger partial charge is 0.456 e. The van der Waals surface area contributed by atoms with Gasteiger partial charge in [-0.1, -0.05) is 109 Å². The van der Waals surface area contributed by atoms with Gasteiger partial charge in [-0.3, -0.25) is 0 Å². The van der Waals surface area contributed by atoms with Crippen LogP contribution in [-0.4, -0.2) is 19.5 Å². The van der Waals surface area contributed by atoms with Gasteiger partial charge in [0, 0.05) is 43.6 Å². The molecule has 0 aliphatic carbocycles. The van der Waals surface area contributed by atoms with E-state index in [1.165, 1.54) is 21.8 Å². The first kappa shape index (κ1) is 26.6. The Labute approximate surface area is 275 Å². The zero-order valence-electron chi connectivity index (χ0n) is 25.7. The van der Waals surface area contributed by atoms with E-state index in [1.807, 2.05) is 60.7 Å². The van der Waals surface area contributed by atoms with Crippen molar-refractivity contribution in [3.05, 3.63) is 158 Å². The van der Waals surface area contributed by atoms with Crippen molar-refractivity contribution >= 4 is 54.5 Å². The Hall–Kier alpha value is -6.59. The molecule has 48 heavy (non-hydrogen) atoms. The molecule has 0 saturated heterocycles. The van der Waals surface area contributed by atoms with Gasteiger partial charge in [-0.05, 0) is 53.9 Å². The van der Waals surface area contributed by atoms with Crippen LogP contribution in [0.4, 0.5) is 0 Å². The van der Waals surface area contributed by atoms with Gasteiger partial charge in [0.15, 0.2) is 17.5 Å². The Bertz CT molecular complexity index is 2800. The fraction of sp³-hybridized carbons (Fsp3) is 0. The summed E-state index contributed by atoms with van der Waals surface area (Å²) in [5.41, 5.74) is 7.95. The van der Waals surface area contributed by atoms with Crippen LogP contribution < -0.4 is 0 Å². The minimum Gasteiger partial charge on any atom is -0.456 e. The number of para-hydroxylation sites is 3. The molecule has 5 nitrogen and oxygen atoms in total. The summed E-state index contributed by atoms with van der Waals surface area (Å²) in [7, 11) is 0. The molecular formula is C43H26N4O. The molecule has 10 rings (SSSR count). The minimum absolute atomic E-state index is 0.613. The number of aromatic nitrogens is 4. The van der Waals surface area contributed by atoms with Crippen LogP contribution in [0.3, 0.4) is 0 Å². The Kier molecular flexibility index (Phi) is 5.81. The van der Waals surface area contributed by atoms with Gasteiger partial charge < -0.3 is 8.98 Å². The number of benzene rings is 7. The van der Waals surface area contributed by atoms with E-state index in [0.717, 1.165) is 55.1 Å². The molecule has 0 spiro atoms. The lowest BCUT2D eigenvalue weighted by Crippen LogP contribution is -2.01. The maximum absolute atomic E-state index is 6.12. The molecule has 0 atom stereocenters. The Morgan fingerprint density at radius 2 is 0.938 bits per heavy atom. The van der Waals surface area contributed by atoms with Gasteiger partial charge in [0.25, 0.3) is 0 Å². The summed E-state index contributed by atoms with van der Waals surface area (Å²) < 4.78 is 8.49. The van der Waals surface area contributed by atoms with Gasteiger partial charge in [-0.25, -0.2) is 15.0 Å². The summed E-state index contributed by atoms with van der Waals surface area (Å²) in [5, 5.41) is 6.77. The maximum Gasteiger partial charge on any atom is 0.164 e. The molecule has 224 valence electrons. The third kappa shape index (κ3) is 4.08. The van der Waals surface area contributed by atoms with Gasteiger partial charge in [0.1, 0.15) is 11.2 Å². The lowest BCUT2D eigenvalue weighted by molar-refractivity contribution is 0.669. The van der Waals surface area contributed by atoms with Crippen LogP contribution in [0.25, 0.3) is 94.4 Å². The van der Waals surface area contributed by atoms with E-state index in [4.69, 9.17) is 19.4 Å². The average molecular weight is 615 g/mol. The lowest BCUT2D eigenvalue weighted by Gasteiger charge is -2.15. The van der Waals surface area contributed by atoms with Crippen molar-refractivity contribution in [3.63, 3.8) is 0 Å². The van der Waals surface area contributed by atoms with Crippen molar-refractivity contribution < 1.29 is 4.42 Å². The first-order chi connectivity index (χ1) is 23.8. The van der Waals surface area contributed by atoms with Crippen molar-refractivity contribution in [2.45, 2.75) is 0 Å². The molecule has 0 saturated carbocycles. The molecule has 0 bridgehead atoms. The van der Waals surface area contributed by atoms with Crippen molar-refractivity contribution in [1.82, 2.24) is 19.5 Å². The van der Waals surface area contributed by atoms with Crippen molar-refractivity contribution in [2.24, 2.45) is 0 Å². The van der Waals surface area contributed by atoms with Crippen molar-refractivity contribution in [1.29, 1.82) is 0 Å². The van der Waals surface area contributed by atoms with E-state index >= 15 is 0 Å². The van der Waals surface area contributed by atoms with E-state index in [1.54, 1.807) is 0 Å². The molecule has 0 amide bonds. The summed E-state index contributed by atoms with van der Waals surface area (Å²) in [6, 6.07) is 54.5. The van der Waals surface area contributed by atoms with Crippen LogP contribution in [0.2, 0.25) is 0 Å². The summed E-state index contributed by atoms with van der Waals surface area (Å²) in [4.78, 5) is 15.3. The zero-order chi connectivity index (χ0) is 31.6. The molecular weight excluding hydrogens is 589 g/mol. The van der Waals surface area contributed by atoms with Crippen LogP contribution in [0.1, 0.15) is 0 Å². The standard InChI is InChI=1S/C43H26N4O/c1-2-12-27(13-3-1)41-44-42(28-22-25-40-35(26-28)33-18-8-11-21-39(33)48-40)46-43(45-41)34-23-24-38(30-15-5-4-14-29(30)34)47-36-19-9-6-16-31(36)32-17-7-10-20-37(32)47/h1-26H. The van der Waals surface area contributed by atoms with Crippen LogP contribution in [-0.2, 0) is 0 Å². The van der Waals surface area contributed by atoms with Crippen molar-refractivity contribution in [3.8, 4) is 39.9 Å². The highest BCUT2D eigenvalue weighted by Gasteiger charge is 2.19. The molecule has 0 radical (unpaired) electrons. The molecule has 0 fully saturated rings.